The van der Waals surface area contributed by atoms with Crippen LogP contribution in [0.4, 0.5) is 17.3 Å². The van der Waals surface area contributed by atoms with Crippen LogP contribution < -0.4 is 16.1 Å². The molecule has 0 aliphatic carbocycles. The fourth-order valence-electron chi connectivity index (χ4n) is 4.60. The van der Waals surface area contributed by atoms with Crippen LogP contribution in [0.2, 0.25) is 0 Å². The molecule has 1 aliphatic rings. The van der Waals surface area contributed by atoms with E-state index < -0.39 is 18.8 Å². The highest BCUT2D eigenvalue weighted by Gasteiger charge is 2.42. The van der Waals surface area contributed by atoms with Crippen LogP contribution in [0.15, 0.2) is 83.6 Å². The van der Waals surface area contributed by atoms with E-state index >= 15 is 0 Å². The van der Waals surface area contributed by atoms with Gasteiger partial charge in [0.05, 0.1) is 35.2 Å². The number of benzene rings is 1. The van der Waals surface area contributed by atoms with Gasteiger partial charge in [-0.25, -0.2) is 9.97 Å². The first-order chi connectivity index (χ1) is 19.4. The third-order valence-electron chi connectivity index (χ3n) is 6.59. The average molecular weight is 535 g/mol. The summed E-state index contributed by atoms with van der Waals surface area (Å²) < 4.78 is 11.2. The molecule has 0 amide bonds. The van der Waals surface area contributed by atoms with Crippen LogP contribution >= 0.6 is 0 Å². The molecule has 0 bridgehead atoms. The fraction of sp³-hybridized carbons (Fsp3) is 0.179. The molecule has 5 heterocycles. The van der Waals surface area contributed by atoms with Crippen LogP contribution in [0.25, 0.3) is 23.0 Å². The number of nitrogens with one attached hydrogen (secondary N) is 2. The van der Waals surface area contributed by atoms with Crippen LogP contribution in [-0.4, -0.2) is 48.9 Å². The van der Waals surface area contributed by atoms with E-state index in [4.69, 9.17) is 9.18 Å². The molecule has 0 radical (unpaired) electrons. The van der Waals surface area contributed by atoms with Gasteiger partial charge in [0, 0.05) is 23.9 Å². The average Bonchev–Trinajstić information content (AvgIpc) is 3.55. The Morgan fingerprint density at radius 1 is 0.975 bits per heavy atom. The number of aromatic nitrogens is 5. The molecule has 0 spiro atoms. The first-order valence-corrected chi connectivity index (χ1v) is 12.7. The summed E-state index contributed by atoms with van der Waals surface area (Å²) in [6, 6.07) is 20.0. The quantitative estimate of drug-likeness (QED) is 0.216. The number of aliphatic hydroxyl groups is 1. The smallest absolute Gasteiger partial charge is 0.423 e. The van der Waals surface area contributed by atoms with Crippen molar-refractivity contribution >= 4 is 29.9 Å². The summed E-state index contributed by atoms with van der Waals surface area (Å²) in [4.78, 5) is 18.1. The van der Waals surface area contributed by atoms with E-state index in [1.54, 1.807) is 36.7 Å². The molecule has 0 saturated carbocycles. The van der Waals surface area contributed by atoms with Gasteiger partial charge in [-0.1, -0.05) is 47.6 Å². The number of aliphatic hydroxyl groups excluding tert-OH is 1. The molecule has 4 aromatic heterocycles. The summed E-state index contributed by atoms with van der Waals surface area (Å²) in [6.07, 6.45) is 3.27. The van der Waals surface area contributed by atoms with Gasteiger partial charge < -0.3 is 29.9 Å². The second-order valence-electron chi connectivity index (χ2n) is 9.78. The van der Waals surface area contributed by atoms with Gasteiger partial charge in [-0.05, 0) is 37.6 Å². The Morgan fingerprint density at radius 3 is 2.58 bits per heavy atom. The summed E-state index contributed by atoms with van der Waals surface area (Å²) in [6.45, 7) is 3.56. The molecular formula is C28H26BN7O4. The summed E-state index contributed by atoms with van der Waals surface area (Å²) in [5, 5.41) is 31.1. The Bertz CT molecular complexity index is 1630. The third kappa shape index (κ3) is 5.03. The van der Waals surface area contributed by atoms with E-state index in [-0.39, 0.29) is 12.5 Å². The zero-order valence-electron chi connectivity index (χ0n) is 21.8. The van der Waals surface area contributed by atoms with Gasteiger partial charge in [0.2, 0.25) is 5.82 Å². The highest BCUT2D eigenvalue weighted by molar-refractivity contribution is 6.61. The zero-order chi connectivity index (χ0) is 27.7. The standard InChI is InChI=1S/C28H26BN7O4/c1-28(2)25-19(29(38)40-28)11-12-23(34-25)33-24-14-21(32-22(16-37)17-8-4-3-5-9-17)18(15-31-24)27-35-26(36-39-27)20-10-6-7-13-30-20/h3-15,22,37-38H,16H2,1-2H3,(H2,31,32,33,34)/t22-/m1/s1. The third-order valence-corrected chi connectivity index (χ3v) is 6.59. The largest absolute Gasteiger partial charge is 0.493 e. The van der Waals surface area contributed by atoms with Crippen LogP contribution in [0, 0.1) is 0 Å². The van der Waals surface area contributed by atoms with Gasteiger partial charge in [0.15, 0.2) is 0 Å². The Balaban J connectivity index is 1.36. The maximum Gasteiger partial charge on any atom is 0.493 e. The molecule has 11 nitrogen and oxygen atoms in total. The van der Waals surface area contributed by atoms with Crippen molar-refractivity contribution in [1.82, 2.24) is 25.1 Å². The van der Waals surface area contributed by atoms with Gasteiger partial charge >= 0.3 is 7.12 Å². The number of pyridine rings is 3. The first-order valence-electron chi connectivity index (χ1n) is 12.7. The Labute approximate surface area is 230 Å². The lowest BCUT2D eigenvalue weighted by Crippen LogP contribution is -2.28. The number of nitrogens with zero attached hydrogens (tertiary/aromatic N) is 5. The van der Waals surface area contributed by atoms with E-state index in [2.05, 4.69) is 35.7 Å². The molecule has 1 atom stereocenters. The van der Waals surface area contributed by atoms with Crippen LogP contribution in [-0.2, 0) is 10.3 Å². The first kappa shape index (κ1) is 25.6. The maximum atomic E-state index is 10.2. The van der Waals surface area contributed by atoms with E-state index in [1.165, 1.54) is 0 Å². The normalized spacial score (nSPS) is 14.6. The predicted octanol–water partition coefficient (Wildman–Crippen LogP) is 3.43. The lowest BCUT2D eigenvalue weighted by molar-refractivity contribution is 0.0970. The summed E-state index contributed by atoms with van der Waals surface area (Å²) >= 11 is 0. The molecule has 1 aliphatic heterocycles. The van der Waals surface area contributed by atoms with Crippen molar-refractivity contribution in [3.8, 4) is 23.0 Å². The molecule has 5 aromatic rings. The van der Waals surface area contributed by atoms with Crippen molar-refractivity contribution in [3.05, 3.63) is 90.4 Å². The Kier molecular flexibility index (Phi) is 6.72. The van der Waals surface area contributed by atoms with Gasteiger partial charge in [-0.2, -0.15) is 4.98 Å². The number of fused-ring (bicyclic) bond motifs is 1. The summed E-state index contributed by atoms with van der Waals surface area (Å²) in [7, 11) is -1.02. The molecule has 1 aromatic carbocycles. The second-order valence-corrected chi connectivity index (χ2v) is 9.78. The van der Waals surface area contributed by atoms with Crippen molar-refractivity contribution in [2.45, 2.75) is 25.5 Å². The van der Waals surface area contributed by atoms with E-state index in [9.17, 15) is 10.1 Å². The Hall–Kier alpha value is -4.65. The van der Waals surface area contributed by atoms with E-state index in [0.717, 1.165) is 5.56 Å². The molecule has 0 fully saturated rings. The highest BCUT2D eigenvalue weighted by Crippen LogP contribution is 2.34. The fourth-order valence-corrected chi connectivity index (χ4v) is 4.60. The highest BCUT2D eigenvalue weighted by atomic mass is 16.5. The molecule has 12 heteroatoms. The topological polar surface area (TPSA) is 151 Å². The molecule has 4 N–H and O–H groups in total. The van der Waals surface area contributed by atoms with Crippen LogP contribution in [0.1, 0.15) is 31.1 Å². The van der Waals surface area contributed by atoms with E-state index in [1.807, 2.05) is 56.3 Å². The zero-order valence-corrected chi connectivity index (χ0v) is 21.8. The van der Waals surface area contributed by atoms with E-state index in [0.29, 0.717) is 45.6 Å². The number of hydrogen-bond acceptors (Lipinski definition) is 11. The summed E-state index contributed by atoms with van der Waals surface area (Å²) in [5.41, 5.74) is 3.20. The van der Waals surface area contributed by atoms with Gasteiger partial charge in [-0.15, -0.1) is 0 Å². The van der Waals surface area contributed by atoms with Crippen molar-refractivity contribution in [2.24, 2.45) is 0 Å². The molecule has 0 saturated heterocycles. The molecule has 200 valence electrons. The monoisotopic (exact) mass is 535 g/mol. The summed E-state index contributed by atoms with van der Waals surface area (Å²) in [5.74, 6) is 1.62. The van der Waals surface area contributed by atoms with Crippen molar-refractivity contribution in [2.75, 3.05) is 17.2 Å². The minimum absolute atomic E-state index is 0.151. The second kappa shape index (κ2) is 10.5. The molecule has 40 heavy (non-hydrogen) atoms. The SMILES string of the molecule is CC1(C)OB(O)c2ccc(Nc3cc(N[C@H](CO)c4ccccc4)c(-c4nc(-c5ccccn5)no4)cn3)nc21. The van der Waals surface area contributed by atoms with Crippen molar-refractivity contribution < 1.29 is 19.3 Å². The van der Waals surface area contributed by atoms with Crippen molar-refractivity contribution in [1.29, 1.82) is 0 Å². The lowest BCUT2D eigenvalue weighted by atomic mass is 9.80. The van der Waals surface area contributed by atoms with Crippen molar-refractivity contribution in [3.63, 3.8) is 0 Å². The Morgan fingerprint density at radius 2 is 1.80 bits per heavy atom. The minimum atomic E-state index is -1.02. The van der Waals surface area contributed by atoms with Gasteiger partial charge in [0.25, 0.3) is 5.89 Å². The van der Waals surface area contributed by atoms with Crippen LogP contribution in [0.3, 0.4) is 0 Å². The lowest BCUT2D eigenvalue weighted by Gasteiger charge is -2.20. The number of anilines is 3. The number of rotatable bonds is 8. The number of hydrogen-bond donors (Lipinski definition) is 4. The molecule has 6 rings (SSSR count). The molecule has 0 unspecified atom stereocenters. The van der Waals surface area contributed by atoms with Gasteiger partial charge in [0.1, 0.15) is 17.3 Å². The van der Waals surface area contributed by atoms with Crippen LogP contribution in [0.5, 0.6) is 0 Å². The predicted molar refractivity (Wildman–Crippen MR) is 150 cm³/mol. The van der Waals surface area contributed by atoms with Gasteiger partial charge in [-0.3, -0.25) is 4.98 Å². The minimum Gasteiger partial charge on any atom is -0.423 e. The maximum absolute atomic E-state index is 10.2. The molecular weight excluding hydrogens is 509 g/mol.